The summed E-state index contributed by atoms with van der Waals surface area (Å²) in [4.78, 5) is 11.6. The normalized spacial score (nSPS) is 20.9. The van der Waals surface area contributed by atoms with E-state index in [4.69, 9.17) is 4.74 Å². The Labute approximate surface area is 168 Å². The predicted octanol–water partition coefficient (Wildman–Crippen LogP) is 4.64. The summed E-state index contributed by atoms with van der Waals surface area (Å²) in [6, 6.07) is 15.3. The average Bonchev–Trinajstić information content (AvgIpc) is 3.09. The molecule has 138 valence electrons. The van der Waals surface area contributed by atoms with Crippen LogP contribution in [0.15, 0.2) is 48.5 Å². The number of carbonyl (C=O) groups excluding carboxylic acids is 1. The number of benzene rings is 2. The van der Waals surface area contributed by atoms with Crippen LogP contribution in [-0.2, 0) is 4.74 Å². The summed E-state index contributed by atoms with van der Waals surface area (Å²) in [7, 11) is 1.26. The number of aromatic amines is 1. The lowest BCUT2D eigenvalue weighted by Gasteiger charge is -2.07. The maximum absolute atomic E-state index is 13.8. The second kappa shape index (κ2) is 6.91. The van der Waals surface area contributed by atoms with Crippen molar-refractivity contribution in [2.75, 3.05) is 7.11 Å². The van der Waals surface area contributed by atoms with Crippen LogP contribution in [0, 0.1) is 0 Å². The molecule has 1 fully saturated rings. The zero-order valence-electron chi connectivity index (χ0n) is 14.3. The van der Waals surface area contributed by atoms with Gasteiger partial charge in [0.05, 0.1) is 7.11 Å². The Morgan fingerprint density at radius 3 is 2.33 bits per heavy atom. The number of methoxy groups -OCH3 is 1. The first-order chi connectivity index (χ1) is 13.0. The van der Waals surface area contributed by atoms with E-state index in [0.717, 1.165) is 16.7 Å². The van der Waals surface area contributed by atoms with Crippen LogP contribution >= 0.6 is 22.6 Å². The SMILES string of the molecule is COC(=O)c1nn[nH]c1Oc1ccc(-c2ccc(C3CC3(F)I)cc2)cc1. The van der Waals surface area contributed by atoms with E-state index >= 15 is 0 Å². The molecule has 1 aliphatic carbocycles. The first-order valence-corrected chi connectivity index (χ1v) is 9.31. The number of hydrogen-bond donors (Lipinski definition) is 1. The van der Waals surface area contributed by atoms with Crippen LogP contribution in [0.3, 0.4) is 0 Å². The van der Waals surface area contributed by atoms with Crippen LogP contribution in [0.4, 0.5) is 4.39 Å². The first kappa shape index (κ1) is 17.9. The number of nitrogens with one attached hydrogen (secondary N) is 1. The number of H-pyrrole nitrogens is 1. The van der Waals surface area contributed by atoms with Crippen molar-refractivity contribution in [3.05, 3.63) is 59.8 Å². The molecule has 1 heterocycles. The van der Waals surface area contributed by atoms with E-state index in [-0.39, 0.29) is 17.5 Å². The third-order valence-electron chi connectivity index (χ3n) is 4.44. The quantitative estimate of drug-likeness (QED) is 0.328. The molecule has 2 atom stereocenters. The zero-order chi connectivity index (χ0) is 19.0. The number of rotatable bonds is 5. The number of aromatic nitrogens is 3. The van der Waals surface area contributed by atoms with Gasteiger partial charge in [0.25, 0.3) is 5.88 Å². The van der Waals surface area contributed by atoms with E-state index in [1.54, 1.807) is 12.1 Å². The molecular formula is C19H15FIN3O3. The molecule has 1 N–H and O–H groups in total. The van der Waals surface area contributed by atoms with Crippen molar-refractivity contribution >= 4 is 28.6 Å². The van der Waals surface area contributed by atoms with Crippen molar-refractivity contribution < 1.29 is 18.7 Å². The smallest absolute Gasteiger partial charge is 0.364 e. The van der Waals surface area contributed by atoms with Crippen LogP contribution < -0.4 is 4.74 Å². The van der Waals surface area contributed by atoms with E-state index < -0.39 is 9.64 Å². The highest BCUT2D eigenvalue weighted by Gasteiger charge is 2.54. The Bertz CT molecular complexity index is 971. The molecule has 1 aliphatic rings. The summed E-state index contributed by atoms with van der Waals surface area (Å²) in [5, 5.41) is 9.75. The van der Waals surface area contributed by atoms with Gasteiger partial charge in [-0.15, -0.1) is 5.10 Å². The molecule has 0 spiro atoms. The van der Waals surface area contributed by atoms with Gasteiger partial charge in [-0.2, -0.15) is 0 Å². The van der Waals surface area contributed by atoms with Gasteiger partial charge in [-0.25, -0.2) is 14.3 Å². The van der Waals surface area contributed by atoms with Crippen molar-refractivity contribution in [1.82, 2.24) is 15.4 Å². The highest BCUT2D eigenvalue weighted by molar-refractivity contribution is 14.1. The lowest BCUT2D eigenvalue weighted by atomic mass is 10.0. The molecule has 27 heavy (non-hydrogen) atoms. The molecule has 3 aromatic rings. The molecule has 0 saturated heterocycles. The second-order valence-corrected chi connectivity index (χ2v) is 8.04. The monoisotopic (exact) mass is 479 g/mol. The van der Waals surface area contributed by atoms with Gasteiger partial charge in [-0.1, -0.05) is 41.6 Å². The highest BCUT2D eigenvalue weighted by atomic mass is 127. The maximum Gasteiger partial charge on any atom is 0.364 e. The largest absolute Gasteiger partial charge is 0.464 e. The summed E-state index contributed by atoms with van der Waals surface area (Å²) in [5.74, 6) is 0.0124. The van der Waals surface area contributed by atoms with Gasteiger partial charge >= 0.3 is 5.97 Å². The zero-order valence-corrected chi connectivity index (χ0v) is 16.4. The summed E-state index contributed by atoms with van der Waals surface area (Å²) >= 11 is 1.87. The lowest BCUT2D eigenvalue weighted by Crippen LogP contribution is -2.03. The Hall–Kier alpha value is -2.49. The van der Waals surface area contributed by atoms with Crippen LogP contribution in [0.1, 0.15) is 28.4 Å². The Morgan fingerprint density at radius 2 is 1.78 bits per heavy atom. The molecule has 6 nitrogen and oxygen atoms in total. The molecule has 0 amide bonds. The van der Waals surface area contributed by atoms with Crippen molar-refractivity contribution in [1.29, 1.82) is 0 Å². The Balaban J connectivity index is 1.48. The molecule has 0 aliphatic heterocycles. The van der Waals surface area contributed by atoms with E-state index in [1.165, 1.54) is 7.11 Å². The van der Waals surface area contributed by atoms with Crippen molar-refractivity contribution in [2.24, 2.45) is 0 Å². The Kier molecular flexibility index (Phi) is 4.58. The third kappa shape index (κ3) is 3.66. The number of hydrogen-bond acceptors (Lipinski definition) is 5. The molecule has 8 heteroatoms. The number of esters is 1. The molecule has 1 saturated carbocycles. The van der Waals surface area contributed by atoms with Gasteiger partial charge in [0.2, 0.25) is 5.69 Å². The van der Waals surface area contributed by atoms with Gasteiger partial charge in [0.15, 0.2) is 3.68 Å². The Morgan fingerprint density at radius 1 is 1.19 bits per heavy atom. The van der Waals surface area contributed by atoms with Crippen molar-refractivity contribution in [3.63, 3.8) is 0 Å². The fourth-order valence-corrected chi connectivity index (χ4v) is 3.64. The minimum Gasteiger partial charge on any atom is -0.464 e. The molecule has 4 rings (SSSR count). The second-order valence-electron chi connectivity index (χ2n) is 6.25. The summed E-state index contributed by atoms with van der Waals surface area (Å²) < 4.78 is 23.0. The van der Waals surface area contributed by atoms with Crippen LogP contribution in [0.25, 0.3) is 11.1 Å². The maximum atomic E-state index is 13.8. The molecule has 1 aromatic heterocycles. The van der Waals surface area contributed by atoms with E-state index in [2.05, 4.69) is 20.1 Å². The summed E-state index contributed by atoms with van der Waals surface area (Å²) in [6.07, 6.45) is 0.578. The van der Waals surface area contributed by atoms with Crippen molar-refractivity contribution in [2.45, 2.75) is 16.0 Å². The van der Waals surface area contributed by atoms with E-state index in [1.807, 2.05) is 59.0 Å². The fourth-order valence-electron chi connectivity index (χ4n) is 2.84. The lowest BCUT2D eigenvalue weighted by molar-refractivity contribution is 0.0591. The number of carbonyl (C=O) groups is 1. The molecular weight excluding hydrogens is 464 g/mol. The first-order valence-electron chi connectivity index (χ1n) is 8.23. The van der Waals surface area contributed by atoms with Gasteiger partial charge in [0, 0.05) is 12.3 Å². The number of nitrogens with zero attached hydrogens (tertiary/aromatic N) is 2. The van der Waals surface area contributed by atoms with Gasteiger partial charge < -0.3 is 9.47 Å². The number of ether oxygens (including phenoxy) is 2. The highest BCUT2D eigenvalue weighted by Crippen LogP contribution is 2.59. The topological polar surface area (TPSA) is 77.1 Å². The minimum atomic E-state index is -1.09. The third-order valence-corrected chi connectivity index (χ3v) is 5.63. The summed E-state index contributed by atoms with van der Waals surface area (Å²) in [6.45, 7) is 0. The van der Waals surface area contributed by atoms with Crippen LogP contribution in [0.5, 0.6) is 11.6 Å². The van der Waals surface area contributed by atoms with E-state index in [0.29, 0.717) is 12.2 Å². The van der Waals surface area contributed by atoms with Crippen LogP contribution in [0.2, 0.25) is 0 Å². The van der Waals surface area contributed by atoms with Gasteiger partial charge in [-0.3, -0.25) is 0 Å². The molecule has 2 aromatic carbocycles. The predicted molar refractivity (Wildman–Crippen MR) is 105 cm³/mol. The molecule has 2 unspecified atom stereocenters. The molecule has 0 radical (unpaired) electrons. The van der Waals surface area contributed by atoms with Crippen molar-refractivity contribution in [3.8, 4) is 22.8 Å². The van der Waals surface area contributed by atoms with Crippen LogP contribution in [-0.4, -0.2) is 32.2 Å². The van der Waals surface area contributed by atoms with Gasteiger partial charge in [-0.05, 0) is 51.4 Å². The summed E-state index contributed by atoms with van der Waals surface area (Å²) in [5.41, 5.74) is 3.04. The van der Waals surface area contributed by atoms with Gasteiger partial charge in [0.1, 0.15) is 5.75 Å². The van der Waals surface area contributed by atoms with E-state index in [9.17, 15) is 9.18 Å². The minimum absolute atomic E-state index is 0.00468. The number of alkyl halides is 2. The number of halogens is 2. The molecule has 0 bridgehead atoms. The fraction of sp³-hybridized carbons (Fsp3) is 0.211. The standard InChI is InChI=1S/C19H15FIN3O3/c1-26-18(25)16-17(23-24-22-16)27-14-8-6-12(7-9-14)11-2-4-13(5-3-11)15-10-19(15,20)21/h2-9,15H,10H2,1H3,(H,22,23,24). The average molecular weight is 479 g/mol.